The minimum absolute atomic E-state index is 0.0996. The van der Waals surface area contributed by atoms with Crippen LogP contribution in [0.4, 0.5) is 0 Å². The zero-order valence-corrected chi connectivity index (χ0v) is 43.2. The first-order valence-electron chi connectivity index (χ1n) is 27.6. The van der Waals surface area contributed by atoms with Gasteiger partial charge in [-0.3, -0.25) is 14.4 Å². The molecule has 0 N–H and O–H groups in total. The van der Waals surface area contributed by atoms with Crippen molar-refractivity contribution in [1.29, 1.82) is 0 Å². The Hall–Kier alpha value is -3.41. The maximum absolute atomic E-state index is 12.8. The molecule has 0 bridgehead atoms. The Morgan fingerprint density at radius 3 is 1.03 bits per heavy atom. The second-order valence-electron chi connectivity index (χ2n) is 18.1. The van der Waals surface area contributed by atoms with Crippen molar-refractivity contribution in [3.05, 3.63) is 85.1 Å². The topological polar surface area (TPSA) is 78.9 Å². The first-order valence-corrected chi connectivity index (χ1v) is 27.6. The third-order valence-electron chi connectivity index (χ3n) is 11.6. The number of allylic oxidation sites excluding steroid dienone is 14. The van der Waals surface area contributed by atoms with Gasteiger partial charge in [-0.1, -0.05) is 241 Å². The molecule has 1 unspecified atom stereocenters. The lowest BCUT2D eigenvalue weighted by Gasteiger charge is -2.18. The predicted octanol–water partition coefficient (Wildman–Crippen LogP) is 18.4. The lowest BCUT2D eigenvalue weighted by Crippen LogP contribution is -2.30. The molecular formula is C60H102O6. The van der Waals surface area contributed by atoms with Crippen LogP contribution in [0.3, 0.4) is 0 Å². The van der Waals surface area contributed by atoms with Gasteiger partial charge in [-0.05, 0) is 83.5 Å². The van der Waals surface area contributed by atoms with Gasteiger partial charge in [0.15, 0.2) is 6.10 Å². The Bertz CT molecular complexity index is 1290. The number of rotatable bonds is 49. The molecule has 0 aliphatic rings. The summed E-state index contributed by atoms with van der Waals surface area (Å²) >= 11 is 0. The number of carbonyl (C=O) groups excluding carboxylic acids is 3. The van der Waals surface area contributed by atoms with Gasteiger partial charge in [0.25, 0.3) is 0 Å². The van der Waals surface area contributed by atoms with E-state index in [2.05, 4.69) is 99.8 Å². The van der Waals surface area contributed by atoms with E-state index in [0.29, 0.717) is 19.3 Å². The second kappa shape index (κ2) is 54.2. The summed E-state index contributed by atoms with van der Waals surface area (Å²) in [5.74, 6) is -0.987. The maximum atomic E-state index is 12.8. The van der Waals surface area contributed by atoms with Gasteiger partial charge in [-0.2, -0.15) is 0 Å². The first-order chi connectivity index (χ1) is 32.5. The van der Waals surface area contributed by atoms with E-state index in [1.165, 1.54) is 135 Å². The van der Waals surface area contributed by atoms with Crippen LogP contribution in [0.1, 0.15) is 258 Å². The summed E-state index contributed by atoms with van der Waals surface area (Å²) < 4.78 is 16.8. The summed E-state index contributed by atoms with van der Waals surface area (Å²) in [5.41, 5.74) is 0. The standard InChI is InChI=1S/C60H102O6/c1-4-7-10-13-16-19-22-25-28-29-30-31-33-35-38-41-44-47-50-53-59(62)65-56-57(55-64-58(61)52-49-46-43-40-37-34-27-24-21-18-15-12-9-6-3)66-60(63)54-51-48-45-42-39-36-32-26-23-20-17-14-11-8-5-2/h7,10,16,19-20,23,25,28,30-31,35,38,44,47,57H,4-6,8-9,11-15,17-18,21-22,24,26-27,29,32-34,36-37,39-43,45-46,48-56H2,1-3H3/b10-7-,19-16-,23-20-,28-25-,31-30-,38-35-,47-44-. The molecule has 0 fully saturated rings. The molecule has 66 heavy (non-hydrogen) atoms. The quantitative estimate of drug-likeness (QED) is 0.0262. The van der Waals surface area contributed by atoms with Crippen molar-refractivity contribution in [1.82, 2.24) is 0 Å². The smallest absolute Gasteiger partial charge is 0.306 e. The summed E-state index contributed by atoms with van der Waals surface area (Å²) in [6.07, 6.45) is 70.1. The molecule has 0 aromatic rings. The summed E-state index contributed by atoms with van der Waals surface area (Å²) in [6, 6.07) is 0. The lowest BCUT2D eigenvalue weighted by molar-refractivity contribution is -0.166. The van der Waals surface area contributed by atoms with E-state index < -0.39 is 6.10 Å². The molecule has 0 aliphatic carbocycles. The Kier molecular flexibility index (Phi) is 51.4. The number of unbranched alkanes of at least 4 members (excludes halogenated alkanes) is 24. The fraction of sp³-hybridized carbons (Fsp3) is 0.717. The zero-order chi connectivity index (χ0) is 47.9. The molecule has 0 spiro atoms. The van der Waals surface area contributed by atoms with Crippen LogP contribution in [-0.4, -0.2) is 37.2 Å². The van der Waals surface area contributed by atoms with Crippen LogP contribution in [-0.2, 0) is 28.6 Å². The maximum Gasteiger partial charge on any atom is 0.306 e. The number of ether oxygens (including phenoxy) is 3. The fourth-order valence-corrected chi connectivity index (χ4v) is 7.52. The van der Waals surface area contributed by atoms with Crippen LogP contribution in [0.25, 0.3) is 0 Å². The number of carbonyl (C=O) groups is 3. The molecule has 6 heteroatoms. The molecule has 0 aliphatic heterocycles. The minimum atomic E-state index is -0.807. The summed E-state index contributed by atoms with van der Waals surface area (Å²) in [7, 11) is 0. The molecule has 0 heterocycles. The van der Waals surface area contributed by atoms with Crippen LogP contribution >= 0.6 is 0 Å². The van der Waals surface area contributed by atoms with Crippen LogP contribution in [0.15, 0.2) is 85.1 Å². The molecule has 0 saturated heterocycles. The Morgan fingerprint density at radius 1 is 0.318 bits per heavy atom. The van der Waals surface area contributed by atoms with E-state index in [1.54, 1.807) is 0 Å². The van der Waals surface area contributed by atoms with Crippen LogP contribution < -0.4 is 0 Å². The van der Waals surface area contributed by atoms with E-state index in [-0.39, 0.29) is 37.5 Å². The third-order valence-corrected chi connectivity index (χ3v) is 11.6. The minimum Gasteiger partial charge on any atom is -0.462 e. The van der Waals surface area contributed by atoms with E-state index in [9.17, 15) is 14.4 Å². The normalized spacial score (nSPS) is 12.7. The average molecular weight is 919 g/mol. The molecule has 0 rings (SSSR count). The largest absolute Gasteiger partial charge is 0.462 e. The van der Waals surface area contributed by atoms with Crippen molar-refractivity contribution in [2.24, 2.45) is 0 Å². The van der Waals surface area contributed by atoms with Crippen molar-refractivity contribution in [2.75, 3.05) is 13.2 Å². The number of esters is 3. The van der Waals surface area contributed by atoms with Crippen molar-refractivity contribution >= 4 is 17.9 Å². The van der Waals surface area contributed by atoms with Gasteiger partial charge in [0, 0.05) is 19.3 Å². The van der Waals surface area contributed by atoms with Crippen molar-refractivity contribution in [3.63, 3.8) is 0 Å². The first kappa shape index (κ1) is 62.6. The number of hydrogen-bond acceptors (Lipinski definition) is 6. The summed E-state index contributed by atoms with van der Waals surface area (Å²) in [5, 5.41) is 0. The van der Waals surface area contributed by atoms with Crippen molar-refractivity contribution in [3.8, 4) is 0 Å². The molecule has 0 amide bonds. The van der Waals surface area contributed by atoms with Gasteiger partial charge in [0.05, 0.1) is 0 Å². The van der Waals surface area contributed by atoms with Gasteiger partial charge in [0.2, 0.25) is 0 Å². The summed E-state index contributed by atoms with van der Waals surface area (Å²) in [4.78, 5) is 38.0. The highest BCUT2D eigenvalue weighted by Gasteiger charge is 2.19. The molecule has 378 valence electrons. The Balaban J connectivity index is 4.49. The molecule has 0 saturated carbocycles. The second-order valence-corrected chi connectivity index (χ2v) is 18.1. The van der Waals surface area contributed by atoms with Crippen molar-refractivity contribution < 1.29 is 28.6 Å². The zero-order valence-electron chi connectivity index (χ0n) is 43.2. The van der Waals surface area contributed by atoms with Gasteiger partial charge in [-0.25, -0.2) is 0 Å². The molecule has 0 aromatic heterocycles. The van der Waals surface area contributed by atoms with Crippen LogP contribution in [0.2, 0.25) is 0 Å². The predicted molar refractivity (Wildman–Crippen MR) is 284 cm³/mol. The SMILES string of the molecule is CC/C=C\C/C=C\C/C=C\C/C=C\C/C=C\C/C=C\CCC(=O)OCC(COC(=O)CCCCCCCCCCCCCCCC)OC(=O)CCCCCCCCC/C=C\CCCCCC. The van der Waals surface area contributed by atoms with Gasteiger partial charge in [0.1, 0.15) is 13.2 Å². The van der Waals surface area contributed by atoms with E-state index >= 15 is 0 Å². The average Bonchev–Trinajstić information content (AvgIpc) is 3.31. The van der Waals surface area contributed by atoms with E-state index in [0.717, 1.165) is 77.0 Å². The fourth-order valence-electron chi connectivity index (χ4n) is 7.52. The highest BCUT2D eigenvalue weighted by molar-refractivity contribution is 5.71. The van der Waals surface area contributed by atoms with E-state index in [1.807, 2.05) is 6.08 Å². The molecular weight excluding hydrogens is 817 g/mol. The van der Waals surface area contributed by atoms with Gasteiger partial charge < -0.3 is 14.2 Å². The Morgan fingerprint density at radius 2 is 0.621 bits per heavy atom. The Labute approximate surface area is 407 Å². The molecule has 6 nitrogen and oxygen atoms in total. The monoisotopic (exact) mass is 919 g/mol. The lowest BCUT2D eigenvalue weighted by atomic mass is 10.0. The summed E-state index contributed by atoms with van der Waals surface area (Å²) in [6.45, 7) is 6.45. The van der Waals surface area contributed by atoms with E-state index in [4.69, 9.17) is 14.2 Å². The number of hydrogen-bond donors (Lipinski definition) is 0. The highest BCUT2D eigenvalue weighted by Crippen LogP contribution is 2.15. The van der Waals surface area contributed by atoms with Crippen LogP contribution in [0, 0.1) is 0 Å². The third kappa shape index (κ3) is 51.6. The van der Waals surface area contributed by atoms with Gasteiger partial charge in [-0.15, -0.1) is 0 Å². The highest BCUT2D eigenvalue weighted by atomic mass is 16.6. The van der Waals surface area contributed by atoms with Crippen LogP contribution in [0.5, 0.6) is 0 Å². The molecule has 1 atom stereocenters. The van der Waals surface area contributed by atoms with Crippen molar-refractivity contribution in [2.45, 2.75) is 264 Å². The van der Waals surface area contributed by atoms with Gasteiger partial charge >= 0.3 is 17.9 Å². The molecule has 0 aromatic carbocycles. The molecule has 0 radical (unpaired) electrons.